The summed E-state index contributed by atoms with van der Waals surface area (Å²) in [5.74, 6) is 2.21. The van der Waals surface area contributed by atoms with Crippen LogP contribution < -0.4 is 5.48 Å². The molecule has 104 valence electrons. The van der Waals surface area contributed by atoms with Crippen LogP contribution in [0.3, 0.4) is 0 Å². The largest absolute Gasteiger partial charge is 0.305 e. The number of hydrogen-bond acceptors (Lipinski definition) is 2. The van der Waals surface area contributed by atoms with E-state index in [1.165, 1.54) is 25.7 Å². The smallest absolute Gasteiger partial charge is 0.0572 e. The monoisotopic (exact) mass is 251 g/mol. The summed E-state index contributed by atoms with van der Waals surface area (Å²) in [5, 5.41) is 0. The lowest BCUT2D eigenvalue weighted by Gasteiger charge is -2.50. The topological polar surface area (TPSA) is 21.3 Å². The van der Waals surface area contributed by atoms with Crippen molar-refractivity contribution in [1.82, 2.24) is 5.48 Å². The van der Waals surface area contributed by atoms with E-state index in [2.05, 4.69) is 39.3 Å². The van der Waals surface area contributed by atoms with Crippen LogP contribution in [-0.2, 0) is 4.84 Å². The molecule has 2 nitrogen and oxygen atoms in total. The standard InChI is InChI=1S/C16H29NO/c1-11(2)14-7-6-13(4)16(15(14)17-18-5)9-8-12(3)10-16/h10-11,13-15,17H,6-9H2,1-5H3/t13-,14+,15-,16-/m0/s1. The molecule has 0 amide bonds. The first-order chi connectivity index (χ1) is 8.51. The molecule has 0 aromatic rings. The number of hydrogen-bond donors (Lipinski definition) is 1. The molecule has 0 unspecified atom stereocenters. The van der Waals surface area contributed by atoms with Crippen LogP contribution in [-0.4, -0.2) is 13.2 Å². The summed E-state index contributed by atoms with van der Waals surface area (Å²) in [7, 11) is 1.76. The number of hydroxylamine groups is 1. The molecule has 2 aliphatic carbocycles. The zero-order chi connectivity index (χ0) is 13.3. The molecule has 0 heterocycles. The fourth-order valence-electron chi connectivity index (χ4n) is 4.28. The Morgan fingerprint density at radius 2 is 2.11 bits per heavy atom. The van der Waals surface area contributed by atoms with Crippen LogP contribution in [0.15, 0.2) is 11.6 Å². The Bertz CT molecular complexity index is 323. The van der Waals surface area contributed by atoms with Crippen molar-refractivity contribution >= 4 is 0 Å². The van der Waals surface area contributed by atoms with Gasteiger partial charge in [0.25, 0.3) is 0 Å². The van der Waals surface area contributed by atoms with Gasteiger partial charge in [0, 0.05) is 11.5 Å². The van der Waals surface area contributed by atoms with Gasteiger partial charge < -0.3 is 4.84 Å². The number of nitrogens with one attached hydrogen (secondary N) is 1. The molecule has 0 aromatic heterocycles. The molecule has 2 rings (SSSR count). The highest BCUT2D eigenvalue weighted by atomic mass is 16.6. The summed E-state index contributed by atoms with van der Waals surface area (Å²) in [4.78, 5) is 5.35. The normalized spacial score (nSPS) is 40.6. The van der Waals surface area contributed by atoms with Crippen molar-refractivity contribution in [2.24, 2.45) is 23.2 Å². The fourth-order valence-corrected chi connectivity index (χ4v) is 4.28. The molecule has 0 saturated heterocycles. The predicted octanol–water partition coefficient (Wildman–Crippen LogP) is 3.93. The van der Waals surface area contributed by atoms with Crippen molar-refractivity contribution in [3.8, 4) is 0 Å². The molecule has 1 fully saturated rings. The highest BCUT2D eigenvalue weighted by molar-refractivity contribution is 5.22. The first-order valence-electron chi connectivity index (χ1n) is 7.48. The summed E-state index contributed by atoms with van der Waals surface area (Å²) < 4.78 is 0. The third-order valence-electron chi connectivity index (χ3n) is 5.43. The van der Waals surface area contributed by atoms with Crippen LogP contribution in [0.4, 0.5) is 0 Å². The van der Waals surface area contributed by atoms with Crippen LogP contribution in [0.2, 0.25) is 0 Å². The Kier molecular flexibility index (Phi) is 4.18. The van der Waals surface area contributed by atoms with E-state index in [-0.39, 0.29) is 0 Å². The van der Waals surface area contributed by atoms with E-state index in [4.69, 9.17) is 4.84 Å². The van der Waals surface area contributed by atoms with Gasteiger partial charge in [-0.25, -0.2) is 0 Å². The van der Waals surface area contributed by atoms with E-state index in [1.54, 1.807) is 12.7 Å². The van der Waals surface area contributed by atoms with Gasteiger partial charge in [0.1, 0.15) is 0 Å². The van der Waals surface area contributed by atoms with Gasteiger partial charge in [-0.05, 0) is 50.4 Å². The SMILES string of the molecule is CON[C@H]1[C@@H](C(C)C)CC[C@H](C)[C@]12C=C(C)CC2. The molecule has 1 N–H and O–H groups in total. The molecule has 0 aromatic carbocycles. The third kappa shape index (κ3) is 2.25. The minimum absolute atomic E-state index is 0.327. The lowest BCUT2D eigenvalue weighted by atomic mass is 9.58. The minimum Gasteiger partial charge on any atom is -0.305 e. The van der Waals surface area contributed by atoms with Crippen LogP contribution in [0.5, 0.6) is 0 Å². The molecule has 1 saturated carbocycles. The minimum atomic E-state index is 0.327. The molecule has 2 aliphatic rings. The second kappa shape index (κ2) is 5.34. The zero-order valence-corrected chi connectivity index (χ0v) is 12.6. The maximum absolute atomic E-state index is 5.35. The molecule has 4 atom stereocenters. The molecule has 0 bridgehead atoms. The van der Waals surface area contributed by atoms with Crippen LogP contribution >= 0.6 is 0 Å². The lowest BCUT2D eigenvalue weighted by molar-refractivity contribution is -0.0537. The van der Waals surface area contributed by atoms with E-state index < -0.39 is 0 Å². The van der Waals surface area contributed by atoms with E-state index >= 15 is 0 Å². The average molecular weight is 251 g/mol. The summed E-state index contributed by atoms with van der Waals surface area (Å²) >= 11 is 0. The van der Waals surface area contributed by atoms with Crippen molar-refractivity contribution in [2.75, 3.05) is 7.11 Å². The van der Waals surface area contributed by atoms with Crippen molar-refractivity contribution in [3.05, 3.63) is 11.6 Å². The average Bonchev–Trinajstić information content (AvgIpc) is 2.69. The molecular formula is C16H29NO. The van der Waals surface area contributed by atoms with Crippen molar-refractivity contribution in [1.29, 1.82) is 0 Å². The van der Waals surface area contributed by atoms with E-state index in [9.17, 15) is 0 Å². The first-order valence-corrected chi connectivity index (χ1v) is 7.48. The van der Waals surface area contributed by atoms with Gasteiger partial charge in [-0.3, -0.25) is 0 Å². The van der Waals surface area contributed by atoms with Crippen LogP contribution in [0.1, 0.15) is 53.4 Å². The summed E-state index contributed by atoms with van der Waals surface area (Å²) in [5.41, 5.74) is 5.25. The zero-order valence-electron chi connectivity index (χ0n) is 12.6. The second-order valence-electron chi connectivity index (χ2n) is 6.79. The summed E-state index contributed by atoms with van der Waals surface area (Å²) in [6.07, 6.45) is 7.80. The summed E-state index contributed by atoms with van der Waals surface area (Å²) in [6.45, 7) is 9.41. The van der Waals surface area contributed by atoms with Crippen molar-refractivity contribution in [2.45, 2.75) is 59.4 Å². The van der Waals surface area contributed by atoms with Crippen molar-refractivity contribution < 1.29 is 4.84 Å². The molecule has 0 aliphatic heterocycles. The van der Waals surface area contributed by atoms with Gasteiger partial charge in [0.05, 0.1) is 7.11 Å². The third-order valence-corrected chi connectivity index (χ3v) is 5.43. The number of rotatable bonds is 3. The fraction of sp³-hybridized carbons (Fsp3) is 0.875. The van der Waals surface area contributed by atoms with Gasteiger partial charge in [-0.1, -0.05) is 32.4 Å². The molecular weight excluding hydrogens is 222 g/mol. The maximum Gasteiger partial charge on any atom is 0.0572 e. The Morgan fingerprint density at radius 1 is 1.39 bits per heavy atom. The van der Waals surface area contributed by atoms with Gasteiger partial charge in [0.2, 0.25) is 0 Å². The van der Waals surface area contributed by atoms with E-state index in [0.29, 0.717) is 11.5 Å². The van der Waals surface area contributed by atoms with Crippen LogP contribution in [0.25, 0.3) is 0 Å². The number of allylic oxidation sites excluding steroid dienone is 1. The highest BCUT2D eigenvalue weighted by Gasteiger charge is 2.50. The first kappa shape index (κ1) is 14.1. The second-order valence-corrected chi connectivity index (χ2v) is 6.79. The van der Waals surface area contributed by atoms with Gasteiger partial charge in [-0.15, -0.1) is 0 Å². The van der Waals surface area contributed by atoms with Crippen molar-refractivity contribution in [3.63, 3.8) is 0 Å². The van der Waals surface area contributed by atoms with Gasteiger partial charge in [0.15, 0.2) is 0 Å². The lowest BCUT2D eigenvalue weighted by Crippen LogP contribution is -2.55. The Labute approximate surface area is 112 Å². The Morgan fingerprint density at radius 3 is 2.61 bits per heavy atom. The molecule has 2 heteroatoms. The Hall–Kier alpha value is -0.340. The molecule has 0 radical (unpaired) electrons. The molecule has 1 spiro atoms. The maximum atomic E-state index is 5.35. The quantitative estimate of drug-likeness (QED) is 0.606. The molecule has 18 heavy (non-hydrogen) atoms. The predicted molar refractivity (Wildman–Crippen MR) is 76.1 cm³/mol. The highest BCUT2D eigenvalue weighted by Crippen LogP contribution is 2.53. The van der Waals surface area contributed by atoms with Crippen LogP contribution in [0, 0.1) is 23.2 Å². The van der Waals surface area contributed by atoms with Gasteiger partial charge in [-0.2, -0.15) is 5.48 Å². The van der Waals surface area contributed by atoms with E-state index in [1.807, 2.05) is 0 Å². The Balaban J connectivity index is 2.32. The van der Waals surface area contributed by atoms with E-state index in [0.717, 1.165) is 17.8 Å². The summed E-state index contributed by atoms with van der Waals surface area (Å²) in [6, 6.07) is 0.476. The van der Waals surface area contributed by atoms with Gasteiger partial charge >= 0.3 is 0 Å².